The van der Waals surface area contributed by atoms with Crippen LogP contribution in [0.15, 0.2) is 48.8 Å². The lowest BCUT2D eigenvalue weighted by Gasteiger charge is -2.13. The Hall–Kier alpha value is -3.06. The first-order valence-electron chi connectivity index (χ1n) is 9.22. The number of carbonyl (C=O) groups excluding carboxylic acids is 2. The fraction of sp³-hybridized carbons (Fsp3) is 0.238. The van der Waals surface area contributed by atoms with Gasteiger partial charge in [0.15, 0.2) is 6.61 Å². The Morgan fingerprint density at radius 3 is 2.54 bits per heavy atom. The highest BCUT2D eigenvalue weighted by Crippen LogP contribution is 2.37. The van der Waals surface area contributed by atoms with Gasteiger partial charge in [0.25, 0.3) is 11.8 Å². The number of thiophene rings is 1. The maximum atomic E-state index is 13.2. The standard InChI is InChI=1S/C21H21N3O3S/c22-18(25)13-27-15-9-7-14(8-10-15)23-20(26)19-16-5-1-2-6-17(16)28-21(19)24-11-3-4-12-24/h3-4,7-12H,1-2,5-6,13H2,(H2,22,25)(H,23,26). The summed E-state index contributed by atoms with van der Waals surface area (Å²) in [6.45, 7) is -0.174. The fourth-order valence-corrected chi connectivity index (χ4v) is 4.77. The van der Waals surface area contributed by atoms with Crippen molar-refractivity contribution in [3.05, 3.63) is 64.8 Å². The second kappa shape index (κ2) is 7.90. The molecule has 28 heavy (non-hydrogen) atoms. The molecule has 2 amide bonds. The topological polar surface area (TPSA) is 86.4 Å². The number of anilines is 1. The Kier molecular flexibility index (Phi) is 5.16. The molecule has 0 saturated carbocycles. The molecule has 0 atom stereocenters. The van der Waals surface area contributed by atoms with Gasteiger partial charge < -0.3 is 20.4 Å². The molecule has 3 N–H and O–H groups in total. The van der Waals surface area contributed by atoms with Crippen LogP contribution in [0.1, 0.15) is 33.6 Å². The summed E-state index contributed by atoms with van der Waals surface area (Å²) in [4.78, 5) is 25.3. The maximum absolute atomic E-state index is 13.2. The van der Waals surface area contributed by atoms with Crippen molar-refractivity contribution in [1.29, 1.82) is 0 Å². The molecule has 4 rings (SSSR count). The van der Waals surface area contributed by atoms with Crippen molar-refractivity contribution in [2.45, 2.75) is 25.7 Å². The lowest BCUT2D eigenvalue weighted by atomic mass is 9.95. The number of primary amides is 1. The first kappa shape index (κ1) is 18.3. The van der Waals surface area contributed by atoms with Crippen LogP contribution in [0.2, 0.25) is 0 Å². The van der Waals surface area contributed by atoms with E-state index in [1.807, 2.05) is 29.1 Å². The zero-order valence-electron chi connectivity index (χ0n) is 15.3. The number of nitrogens with two attached hydrogens (primary N) is 1. The molecular formula is C21H21N3O3S. The van der Waals surface area contributed by atoms with Crippen molar-refractivity contribution < 1.29 is 14.3 Å². The molecule has 6 nitrogen and oxygen atoms in total. The number of nitrogens with one attached hydrogen (secondary N) is 1. The van der Waals surface area contributed by atoms with Crippen molar-refractivity contribution in [3.63, 3.8) is 0 Å². The minimum atomic E-state index is -0.530. The summed E-state index contributed by atoms with van der Waals surface area (Å²) in [5.74, 6) is -0.108. The molecule has 0 radical (unpaired) electrons. The Morgan fingerprint density at radius 1 is 1.11 bits per heavy atom. The van der Waals surface area contributed by atoms with Gasteiger partial charge in [-0.25, -0.2) is 0 Å². The second-order valence-corrected chi connectivity index (χ2v) is 7.80. The maximum Gasteiger partial charge on any atom is 0.258 e. The molecule has 144 valence electrons. The van der Waals surface area contributed by atoms with Crippen molar-refractivity contribution in [2.24, 2.45) is 5.73 Å². The molecule has 0 unspecified atom stereocenters. The number of carbonyl (C=O) groups is 2. The normalized spacial score (nSPS) is 13.0. The van der Waals surface area contributed by atoms with Crippen molar-refractivity contribution >= 4 is 28.8 Å². The summed E-state index contributed by atoms with van der Waals surface area (Å²) < 4.78 is 7.27. The van der Waals surface area contributed by atoms with Gasteiger partial charge in [0.2, 0.25) is 0 Å². The molecule has 3 aromatic rings. The largest absolute Gasteiger partial charge is 0.484 e. The van der Waals surface area contributed by atoms with E-state index in [1.54, 1.807) is 35.6 Å². The Balaban J connectivity index is 1.58. The third-order valence-corrected chi connectivity index (χ3v) is 6.02. The summed E-state index contributed by atoms with van der Waals surface area (Å²) in [6.07, 6.45) is 8.20. The van der Waals surface area contributed by atoms with Crippen LogP contribution >= 0.6 is 11.3 Å². The number of hydrogen-bond donors (Lipinski definition) is 2. The van der Waals surface area contributed by atoms with Gasteiger partial charge in [-0.15, -0.1) is 11.3 Å². The zero-order chi connectivity index (χ0) is 19.5. The number of benzene rings is 1. The number of ether oxygens (including phenoxy) is 1. The third kappa shape index (κ3) is 3.80. The molecule has 2 aromatic heterocycles. The molecule has 2 heterocycles. The monoisotopic (exact) mass is 395 g/mol. The van der Waals surface area contributed by atoms with Crippen LogP contribution in [0.4, 0.5) is 5.69 Å². The number of nitrogens with zero attached hydrogens (tertiary/aromatic N) is 1. The number of aryl methyl sites for hydroxylation is 1. The van der Waals surface area contributed by atoms with Crippen LogP contribution in [0.5, 0.6) is 5.75 Å². The number of hydrogen-bond acceptors (Lipinski definition) is 4. The van der Waals surface area contributed by atoms with E-state index in [0.717, 1.165) is 29.8 Å². The van der Waals surface area contributed by atoms with Crippen LogP contribution < -0.4 is 15.8 Å². The predicted octanol–water partition coefficient (Wildman–Crippen LogP) is 3.53. The van der Waals surface area contributed by atoms with Gasteiger partial charge in [0.1, 0.15) is 10.8 Å². The number of amides is 2. The van der Waals surface area contributed by atoms with E-state index in [9.17, 15) is 9.59 Å². The van der Waals surface area contributed by atoms with Gasteiger partial charge >= 0.3 is 0 Å². The van der Waals surface area contributed by atoms with E-state index in [4.69, 9.17) is 10.5 Å². The smallest absolute Gasteiger partial charge is 0.258 e. The van der Waals surface area contributed by atoms with Crippen molar-refractivity contribution in [2.75, 3.05) is 11.9 Å². The molecule has 1 aliphatic rings. The van der Waals surface area contributed by atoms with E-state index in [1.165, 1.54) is 16.9 Å². The summed E-state index contributed by atoms with van der Waals surface area (Å²) in [6, 6.07) is 10.8. The number of rotatable bonds is 6. The van der Waals surface area contributed by atoms with E-state index in [0.29, 0.717) is 11.4 Å². The summed E-state index contributed by atoms with van der Waals surface area (Å²) in [5, 5.41) is 3.96. The molecule has 7 heteroatoms. The van der Waals surface area contributed by atoms with Crippen molar-refractivity contribution in [1.82, 2.24) is 4.57 Å². The molecule has 0 saturated heterocycles. The van der Waals surface area contributed by atoms with Crippen LogP contribution in [0, 0.1) is 0 Å². The first-order valence-corrected chi connectivity index (χ1v) is 10.0. The van der Waals surface area contributed by atoms with Crippen LogP contribution in [0.3, 0.4) is 0 Å². The average Bonchev–Trinajstić information content (AvgIpc) is 3.34. The van der Waals surface area contributed by atoms with E-state index in [2.05, 4.69) is 5.32 Å². The summed E-state index contributed by atoms with van der Waals surface area (Å²) in [7, 11) is 0. The van der Waals surface area contributed by atoms with E-state index < -0.39 is 5.91 Å². The van der Waals surface area contributed by atoms with Gasteiger partial charge in [-0.05, 0) is 67.6 Å². The zero-order valence-corrected chi connectivity index (χ0v) is 16.1. The highest BCUT2D eigenvalue weighted by molar-refractivity contribution is 7.15. The lowest BCUT2D eigenvalue weighted by molar-refractivity contribution is -0.119. The van der Waals surface area contributed by atoms with Crippen molar-refractivity contribution in [3.8, 4) is 10.8 Å². The highest BCUT2D eigenvalue weighted by Gasteiger charge is 2.26. The number of aromatic nitrogens is 1. The molecule has 1 aromatic carbocycles. The average molecular weight is 395 g/mol. The lowest BCUT2D eigenvalue weighted by Crippen LogP contribution is -2.20. The molecule has 0 fully saturated rings. The van der Waals surface area contributed by atoms with Gasteiger partial charge in [-0.2, -0.15) is 0 Å². The molecule has 0 aliphatic heterocycles. The Bertz CT molecular complexity index is 991. The highest BCUT2D eigenvalue weighted by atomic mass is 32.1. The van der Waals surface area contributed by atoms with Gasteiger partial charge in [-0.3, -0.25) is 9.59 Å². The first-order chi connectivity index (χ1) is 13.6. The SMILES string of the molecule is NC(=O)COc1ccc(NC(=O)c2c(-n3cccc3)sc3c2CCCC3)cc1. The van der Waals surface area contributed by atoms with Gasteiger partial charge in [-0.1, -0.05) is 0 Å². The third-order valence-electron chi connectivity index (χ3n) is 4.71. The van der Waals surface area contributed by atoms with Gasteiger partial charge in [0.05, 0.1) is 5.56 Å². The fourth-order valence-electron chi connectivity index (χ4n) is 3.42. The molecule has 1 aliphatic carbocycles. The Morgan fingerprint density at radius 2 is 1.82 bits per heavy atom. The number of fused-ring (bicyclic) bond motifs is 1. The summed E-state index contributed by atoms with van der Waals surface area (Å²) in [5.41, 5.74) is 7.70. The molecule has 0 bridgehead atoms. The van der Waals surface area contributed by atoms with Crippen LogP contribution in [0.25, 0.3) is 5.00 Å². The minimum Gasteiger partial charge on any atom is -0.484 e. The molecule has 0 spiro atoms. The quantitative estimate of drug-likeness (QED) is 0.669. The predicted molar refractivity (Wildman–Crippen MR) is 109 cm³/mol. The summed E-state index contributed by atoms with van der Waals surface area (Å²) >= 11 is 1.71. The van der Waals surface area contributed by atoms with Crippen LogP contribution in [-0.2, 0) is 17.6 Å². The second-order valence-electron chi connectivity index (χ2n) is 6.71. The minimum absolute atomic E-state index is 0.103. The van der Waals surface area contributed by atoms with E-state index >= 15 is 0 Å². The van der Waals surface area contributed by atoms with Crippen LogP contribution in [-0.4, -0.2) is 23.0 Å². The Labute approximate surface area is 166 Å². The molecular weight excluding hydrogens is 374 g/mol. The van der Waals surface area contributed by atoms with E-state index in [-0.39, 0.29) is 12.5 Å². The van der Waals surface area contributed by atoms with Gasteiger partial charge in [0, 0.05) is 23.0 Å².